The quantitative estimate of drug-likeness (QED) is 0.622. The Balaban J connectivity index is 1.31. The predicted molar refractivity (Wildman–Crippen MR) is 126 cm³/mol. The molecule has 6 heteroatoms. The number of fused-ring (bicyclic) bond motifs is 1. The van der Waals surface area contributed by atoms with Gasteiger partial charge in [0, 0.05) is 48.3 Å². The molecule has 2 atom stereocenters. The number of nitrogens with one attached hydrogen (secondary N) is 1. The average molecular weight is 435 g/mol. The van der Waals surface area contributed by atoms with Gasteiger partial charge in [-0.15, -0.1) is 0 Å². The zero-order valence-corrected chi connectivity index (χ0v) is 19.1. The summed E-state index contributed by atoms with van der Waals surface area (Å²) < 4.78 is 0. The molecule has 170 valence electrons. The van der Waals surface area contributed by atoms with Crippen LogP contribution in [0.1, 0.15) is 55.5 Å². The molecule has 6 nitrogen and oxygen atoms in total. The number of anilines is 1. The molecule has 0 unspecified atom stereocenters. The van der Waals surface area contributed by atoms with Gasteiger partial charge in [-0.2, -0.15) is 0 Å². The van der Waals surface area contributed by atoms with E-state index in [9.17, 15) is 9.90 Å². The number of nitrogens with two attached hydrogens (primary N) is 1. The smallest absolute Gasteiger partial charge is 0.255 e. The fraction of sp³-hybridized carbons (Fsp3) is 0.538. The fourth-order valence-corrected chi connectivity index (χ4v) is 5.60. The van der Waals surface area contributed by atoms with Crippen LogP contribution in [0.5, 0.6) is 0 Å². The van der Waals surface area contributed by atoms with Crippen molar-refractivity contribution in [2.45, 2.75) is 51.0 Å². The predicted octanol–water partition coefficient (Wildman–Crippen LogP) is 3.20. The molecule has 1 aromatic heterocycles. The summed E-state index contributed by atoms with van der Waals surface area (Å²) in [7, 11) is 0. The summed E-state index contributed by atoms with van der Waals surface area (Å²) in [4.78, 5) is 19.7. The van der Waals surface area contributed by atoms with Crippen LogP contribution in [0, 0.1) is 11.3 Å². The first kappa shape index (κ1) is 21.4. The van der Waals surface area contributed by atoms with Gasteiger partial charge in [-0.05, 0) is 56.2 Å². The molecule has 0 bridgehead atoms. The summed E-state index contributed by atoms with van der Waals surface area (Å²) in [6.07, 6.45) is 6.01. The number of rotatable bonds is 7. The lowest BCUT2D eigenvalue weighted by molar-refractivity contribution is 0.0429. The van der Waals surface area contributed by atoms with E-state index in [2.05, 4.69) is 53.3 Å². The number of piperidine rings is 1. The molecule has 32 heavy (non-hydrogen) atoms. The van der Waals surface area contributed by atoms with Crippen molar-refractivity contribution in [1.29, 1.82) is 0 Å². The molecule has 2 saturated carbocycles. The van der Waals surface area contributed by atoms with Crippen LogP contribution in [0.25, 0.3) is 11.1 Å². The number of carbonyl (C=O) groups excluding carboxylic acids is 1. The molecule has 1 aromatic carbocycles. The van der Waals surface area contributed by atoms with Crippen LogP contribution in [0.4, 0.5) is 5.82 Å². The number of aliphatic hydroxyl groups excluding tert-OH is 1. The molecular formula is C26H34N4O2. The molecule has 1 aliphatic heterocycles. The van der Waals surface area contributed by atoms with Gasteiger partial charge in [0.05, 0.1) is 12.2 Å². The molecule has 0 spiro atoms. The SMILES string of the molecule is CC(C)N1C[C@@H]2C[C@]2(c2ccc(-c3cnc(N)c(C(=O)NCC4(CO)CCC4)c3)cc2)C1. The Bertz CT molecular complexity index is 1010. The van der Waals surface area contributed by atoms with E-state index in [4.69, 9.17) is 5.73 Å². The van der Waals surface area contributed by atoms with E-state index in [-0.39, 0.29) is 23.7 Å². The number of hydrogen-bond donors (Lipinski definition) is 3. The Hall–Kier alpha value is -2.44. The molecule has 4 N–H and O–H groups in total. The summed E-state index contributed by atoms with van der Waals surface area (Å²) in [5.74, 6) is 0.781. The Morgan fingerprint density at radius 3 is 2.62 bits per heavy atom. The number of nitrogens with zero attached hydrogens (tertiary/aromatic N) is 2. The Morgan fingerprint density at radius 1 is 1.28 bits per heavy atom. The first-order valence-electron chi connectivity index (χ1n) is 11.9. The highest BCUT2D eigenvalue weighted by Gasteiger charge is 2.60. The van der Waals surface area contributed by atoms with Crippen LogP contribution in [-0.4, -0.2) is 53.2 Å². The lowest BCUT2D eigenvalue weighted by Crippen LogP contribution is -2.44. The maximum Gasteiger partial charge on any atom is 0.255 e. The Morgan fingerprint density at radius 2 is 2.03 bits per heavy atom. The van der Waals surface area contributed by atoms with Crippen LogP contribution in [0.15, 0.2) is 36.5 Å². The van der Waals surface area contributed by atoms with Gasteiger partial charge in [-0.25, -0.2) is 4.98 Å². The molecule has 5 rings (SSSR count). The zero-order valence-electron chi connectivity index (χ0n) is 19.1. The van der Waals surface area contributed by atoms with E-state index in [1.54, 1.807) is 6.20 Å². The summed E-state index contributed by atoms with van der Waals surface area (Å²) in [6.45, 7) is 7.48. The molecule has 1 amide bonds. The Labute approximate surface area is 190 Å². The molecule has 3 fully saturated rings. The summed E-state index contributed by atoms with van der Waals surface area (Å²) >= 11 is 0. The van der Waals surface area contributed by atoms with E-state index < -0.39 is 0 Å². The van der Waals surface area contributed by atoms with E-state index in [1.165, 1.54) is 18.5 Å². The van der Waals surface area contributed by atoms with E-state index >= 15 is 0 Å². The van der Waals surface area contributed by atoms with Gasteiger partial charge in [0.15, 0.2) is 0 Å². The summed E-state index contributed by atoms with van der Waals surface area (Å²) in [5.41, 5.74) is 9.92. The second kappa shape index (κ2) is 7.85. The largest absolute Gasteiger partial charge is 0.396 e. The van der Waals surface area contributed by atoms with Crippen molar-refractivity contribution in [3.63, 3.8) is 0 Å². The third kappa shape index (κ3) is 3.59. The summed E-state index contributed by atoms with van der Waals surface area (Å²) in [6, 6.07) is 11.2. The molecule has 2 heterocycles. The first-order chi connectivity index (χ1) is 15.4. The molecule has 2 aliphatic carbocycles. The van der Waals surface area contributed by atoms with Crippen LogP contribution in [-0.2, 0) is 5.41 Å². The van der Waals surface area contributed by atoms with Crippen molar-refractivity contribution < 1.29 is 9.90 Å². The lowest BCUT2D eigenvalue weighted by atomic mass is 9.69. The summed E-state index contributed by atoms with van der Waals surface area (Å²) in [5, 5.41) is 12.6. The number of hydrogen-bond acceptors (Lipinski definition) is 5. The minimum absolute atomic E-state index is 0.102. The fourth-order valence-electron chi connectivity index (χ4n) is 5.60. The number of aliphatic hydroxyl groups is 1. The highest BCUT2D eigenvalue weighted by atomic mass is 16.3. The van der Waals surface area contributed by atoms with Crippen LogP contribution in [0.3, 0.4) is 0 Å². The Kier molecular flexibility index (Phi) is 5.25. The third-order valence-corrected chi connectivity index (χ3v) is 8.23. The molecule has 1 saturated heterocycles. The van der Waals surface area contributed by atoms with Crippen molar-refractivity contribution in [1.82, 2.24) is 15.2 Å². The first-order valence-corrected chi connectivity index (χ1v) is 11.9. The van der Waals surface area contributed by atoms with Crippen molar-refractivity contribution in [3.8, 4) is 11.1 Å². The molecule has 3 aliphatic rings. The number of aromatic nitrogens is 1. The third-order valence-electron chi connectivity index (χ3n) is 8.23. The number of nitrogen functional groups attached to an aromatic ring is 1. The maximum absolute atomic E-state index is 12.8. The van der Waals surface area contributed by atoms with Crippen molar-refractivity contribution in [2.24, 2.45) is 11.3 Å². The molecular weight excluding hydrogens is 400 g/mol. The minimum atomic E-state index is -0.229. The molecule has 0 radical (unpaired) electrons. The topological polar surface area (TPSA) is 91.5 Å². The van der Waals surface area contributed by atoms with Gasteiger partial charge < -0.3 is 16.2 Å². The average Bonchev–Trinajstić information content (AvgIpc) is 3.34. The van der Waals surface area contributed by atoms with Crippen molar-refractivity contribution >= 4 is 11.7 Å². The van der Waals surface area contributed by atoms with Gasteiger partial charge >= 0.3 is 0 Å². The number of pyridine rings is 1. The highest BCUT2D eigenvalue weighted by molar-refractivity contribution is 5.99. The van der Waals surface area contributed by atoms with Gasteiger partial charge in [0.25, 0.3) is 5.91 Å². The molecule has 2 aromatic rings. The van der Waals surface area contributed by atoms with Gasteiger partial charge in [-0.1, -0.05) is 30.7 Å². The highest BCUT2D eigenvalue weighted by Crippen LogP contribution is 2.59. The van der Waals surface area contributed by atoms with Gasteiger partial charge in [-0.3, -0.25) is 9.69 Å². The maximum atomic E-state index is 12.8. The van der Waals surface area contributed by atoms with Crippen LogP contribution in [0.2, 0.25) is 0 Å². The normalized spacial score (nSPS) is 25.9. The zero-order chi connectivity index (χ0) is 22.5. The second-order valence-corrected chi connectivity index (χ2v) is 10.5. The second-order valence-electron chi connectivity index (χ2n) is 10.5. The standard InChI is InChI=1S/C26H34N4O2/c1-17(2)30-13-21-11-26(21,15-30)20-6-4-18(5-7-20)19-10-22(23(27)28-12-19)24(32)29-14-25(16-31)8-3-9-25/h4-7,10,12,17,21,31H,3,8-9,11,13-16H2,1-2H3,(H2,27,28)(H,29,32)/t21-,26+/m0/s1. The van der Waals surface area contributed by atoms with Crippen LogP contribution < -0.4 is 11.1 Å². The van der Waals surface area contributed by atoms with Crippen molar-refractivity contribution in [2.75, 3.05) is 32.0 Å². The van der Waals surface area contributed by atoms with E-state index in [1.807, 2.05) is 6.07 Å². The van der Waals surface area contributed by atoms with Gasteiger partial charge in [0.2, 0.25) is 0 Å². The monoisotopic (exact) mass is 434 g/mol. The lowest BCUT2D eigenvalue weighted by Gasteiger charge is -2.40. The van der Waals surface area contributed by atoms with E-state index in [0.717, 1.165) is 42.9 Å². The van der Waals surface area contributed by atoms with Gasteiger partial charge in [0.1, 0.15) is 5.82 Å². The minimum Gasteiger partial charge on any atom is -0.396 e. The number of carbonyl (C=O) groups is 1. The number of likely N-dealkylation sites (tertiary alicyclic amines) is 1. The number of benzene rings is 1. The number of amides is 1. The van der Waals surface area contributed by atoms with Crippen LogP contribution >= 0.6 is 0 Å². The van der Waals surface area contributed by atoms with E-state index in [0.29, 0.717) is 23.6 Å². The van der Waals surface area contributed by atoms with Crippen molar-refractivity contribution in [3.05, 3.63) is 47.7 Å².